The second-order valence-corrected chi connectivity index (χ2v) is 12.0. The van der Waals surface area contributed by atoms with Gasteiger partial charge in [-0.1, -0.05) is 41.7 Å². The maximum absolute atomic E-state index is 14.0. The maximum atomic E-state index is 14.0. The van der Waals surface area contributed by atoms with Crippen molar-refractivity contribution in [2.75, 3.05) is 24.1 Å². The number of carbonyl (C=O) groups is 3. The number of nitrogens with two attached hydrogens (primary N) is 1. The van der Waals surface area contributed by atoms with Crippen LogP contribution >= 0.6 is 47.2 Å². The molecule has 0 amide bonds. The Labute approximate surface area is 364 Å². The molecule has 27 heteroatoms. The summed E-state index contributed by atoms with van der Waals surface area (Å²) in [4.78, 5) is 61.9. The minimum atomic E-state index is -5.08. The van der Waals surface area contributed by atoms with Gasteiger partial charge in [-0.15, -0.1) is 12.4 Å². The first-order valence-electron chi connectivity index (χ1n) is 16.2. The normalized spacial score (nSPS) is 10.6. The topological polar surface area (TPSA) is 201 Å². The summed E-state index contributed by atoms with van der Waals surface area (Å²) >= 11 is 17.2. The number of halogens is 13. The summed E-state index contributed by atoms with van der Waals surface area (Å²) in [5, 5.41) is 6.20. The molecule has 0 aliphatic rings. The highest BCUT2D eigenvalue weighted by molar-refractivity contribution is 6.34. The molecule has 0 aliphatic heterocycles. The summed E-state index contributed by atoms with van der Waals surface area (Å²) in [5.41, 5.74) is 1.39. The van der Waals surface area contributed by atoms with E-state index in [2.05, 4.69) is 20.4 Å². The number of ketones is 1. The Hall–Kier alpha value is -5.71. The molecule has 4 N–H and O–H groups in total. The second-order valence-electron chi connectivity index (χ2n) is 10.8. The number of esters is 2. The Morgan fingerprint density at radius 3 is 1.74 bits per heavy atom. The number of nitrogens with zero attached hydrogens (tertiary/aromatic N) is 3. The molecule has 0 fully saturated rings. The summed E-state index contributed by atoms with van der Waals surface area (Å²) < 4.78 is 124. The molecule has 3 aromatic carbocycles. The number of rotatable bonds is 10. The molecule has 0 saturated heterocycles. The molecule has 1 heterocycles. The van der Waals surface area contributed by atoms with Gasteiger partial charge in [0.2, 0.25) is 0 Å². The molecule has 0 atom stereocenters. The van der Waals surface area contributed by atoms with Gasteiger partial charge in [0, 0.05) is 11.1 Å². The molecule has 0 unspecified atom stereocenters. The van der Waals surface area contributed by atoms with E-state index in [4.69, 9.17) is 55.0 Å². The smallest absolute Gasteiger partial charge is 0.455 e. The minimum Gasteiger partial charge on any atom is -0.462 e. The minimum absolute atomic E-state index is 0. The molecule has 62 heavy (non-hydrogen) atoms. The van der Waals surface area contributed by atoms with Gasteiger partial charge in [-0.05, 0) is 62.2 Å². The predicted octanol–water partition coefficient (Wildman–Crippen LogP) is 8.57. The van der Waals surface area contributed by atoms with E-state index in [9.17, 15) is 58.7 Å². The van der Waals surface area contributed by atoms with Gasteiger partial charge in [-0.2, -0.15) is 50.8 Å². The van der Waals surface area contributed by atoms with Crippen LogP contribution in [0.2, 0.25) is 15.1 Å². The van der Waals surface area contributed by atoms with Crippen LogP contribution in [0.3, 0.4) is 0 Å². The van der Waals surface area contributed by atoms with E-state index in [0.29, 0.717) is 15.9 Å². The van der Waals surface area contributed by atoms with Gasteiger partial charge >= 0.3 is 30.4 Å². The summed E-state index contributed by atoms with van der Waals surface area (Å²) in [6.07, 6.45) is -8.52. The Morgan fingerprint density at radius 1 is 0.806 bits per heavy atom. The molecule has 4 rings (SSSR count). The number of anilines is 2. The Bertz CT molecular complexity index is 2300. The lowest BCUT2D eigenvalue weighted by atomic mass is 10.1. The molecular formula is C35H29Cl4F9N6O8. The Morgan fingerprint density at radius 2 is 1.29 bits per heavy atom. The van der Waals surface area contributed by atoms with Crippen molar-refractivity contribution in [2.24, 2.45) is 10.9 Å². The zero-order chi connectivity index (χ0) is 46.8. The number of aromatic nitrogens is 2. The van der Waals surface area contributed by atoms with Crippen LogP contribution in [0.25, 0.3) is 5.69 Å². The van der Waals surface area contributed by atoms with Crippen LogP contribution in [0.1, 0.15) is 52.6 Å². The first kappa shape index (κ1) is 56.3. The van der Waals surface area contributed by atoms with Crippen molar-refractivity contribution in [2.45, 2.75) is 39.5 Å². The van der Waals surface area contributed by atoms with E-state index < -0.39 is 70.0 Å². The highest BCUT2D eigenvalue weighted by Crippen LogP contribution is 2.29. The first-order valence-corrected chi connectivity index (χ1v) is 17.4. The summed E-state index contributed by atoms with van der Waals surface area (Å²) in [6, 6.07) is 6.44. The van der Waals surface area contributed by atoms with Crippen molar-refractivity contribution in [3.8, 4) is 5.69 Å². The van der Waals surface area contributed by atoms with Gasteiger partial charge in [0.25, 0.3) is 11.3 Å². The highest BCUT2D eigenvalue weighted by atomic mass is 35.5. The van der Waals surface area contributed by atoms with E-state index in [-0.39, 0.29) is 70.9 Å². The molecule has 0 saturated carbocycles. The van der Waals surface area contributed by atoms with Crippen LogP contribution in [-0.4, -0.2) is 59.3 Å². The third-order valence-electron chi connectivity index (χ3n) is 6.76. The van der Waals surface area contributed by atoms with Crippen LogP contribution in [-0.2, 0) is 36.5 Å². The third-order valence-corrected chi connectivity index (χ3v) is 7.74. The van der Waals surface area contributed by atoms with Gasteiger partial charge in [-0.25, -0.2) is 22.8 Å². The molecule has 4 aromatic rings. The number of benzene rings is 3. The number of nitrogens with one attached hydrogen (secondary N) is 2. The standard InChI is InChI=1S/C14H9ClF4N2O3.C12H9ClF4N2O3.C8H10ClFN2.CO2.ClH/c1-2-24-13(23)8-4-11(10(16)5-9(8)15)21-12(22)3-7(6-20-21)14(17,18)19;1-2-22-11(21)6-3-9(8(14)4-7(6)13)19-18-5-10(20)12(15,16)17;1-2-5-3-8(12-11)7(10)4-6(5)9;2-1-3;/h3-6H,2H2,1H3;3-5,19H,2H2,1H3;3-4,12H,2,11H2,1H3;;1H/b;18-5+;;;. The quantitative estimate of drug-likeness (QED) is 0.0450. The molecule has 14 nitrogen and oxygen atoms in total. The number of Topliss-reactive ketones (excluding diaryl/α,β-unsaturated/α-hetero) is 1. The van der Waals surface area contributed by atoms with E-state index in [1.807, 2.05) is 12.3 Å². The van der Waals surface area contributed by atoms with Gasteiger partial charge < -0.3 is 14.9 Å². The summed E-state index contributed by atoms with van der Waals surface area (Å²) in [7, 11) is 0. The predicted molar refractivity (Wildman–Crippen MR) is 207 cm³/mol. The largest absolute Gasteiger partial charge is 0.462 e. The number of hydrogen-bond acceptors (Lipinski definition) is 13. The molecular weight excluding hydrogens is 945 g/mol. The van der Waals surface area contributed by atoms with Crippen LogP contribution in [0.4, 0.5) is 50.9 Å². The molecule has 0 aliphatic carbocycles. The third kappa shape index (κ3) is 17.0. The van der Waals surface area contributed by atoms with Crippen molar-refractivity contribution in [1.29, 1.82) is 0 Å². The number of carbonyl (C=O) groups excluding carboxylic acids is 5. The fourth-order valence-electron chi connectivity index (χ4n) is 4.02. The van der Waals surface area contributed by atoms with Gasteiger partial charge in [-0.3, -0.25) is 20.9 Å². The van der Waals surface area contributed by atoms with Crippen LogP contribution < -0.4 is 22.3 Å². The monoisotopic (exact) mass is 972 g/mol. The SMILES string of the molecule is CCOC(=O)c1cc(-n2ncc(C(F)(F)F)cc2=O)c(F)cc1Cl.CCOC(=O)c1cc(N/N=C/C(=O)C(F)(F)F)c(F)cc1Cl.CCc1cc(NN)c(F)cc1Cl.Cl.O=C=O. The molecule has 0 spiro atoms. The number of hydrazine groups is 1. The summed E-state index contributed by atoms with van der Waals surface area (Å²) in [5.74, 6) is -1.29. The van der Waals surface area contributed by atoms with Crippen molar-refractivity contribution in [1.82, 2.24) is 9.78 Å². The lowest BCUT2D eigenvalue weighted by molar-refractivity contribution is -0.191. The van der Waals surface area contributed by atoms with Gasteiger partial charge in [0.05, 0.1) is 63.7 Å². The number of alkyl halides is 6. The summed E-state index contributed by atoms with van der Waals surface area (Å²) in [6.45, 7) is 5.10. The number of nitrogen functional groups attached to an aromatic ring is 1. The first-order chi connectivity index (χ1) is 28.4. The van der Waals surface area contributed by atoms with Gasteiger partial charge in [0.15, 0.2) is 5.82 Å². The van der Waals surface area contributed by atoms with Crippen LogP contribution in [0, 0.1) is 17.5 Å². The second kappa shape index (κ2) is 25.9. The van der Waals surface area contributed by atoms with E-state index in [1.54, 1.807) is 13.0 Å². The van der Waals surface area contributed by atoms with Gasteiger partial charge in [0.1, 0.15) is 17.3 Å². The van der Waals surface area contributed by atoms with Crippen molar-refractivity contribution >= 4 is 88.7 Å². The average molecular weight is 974 g/mol. The fourth-order valence-corrected chi connectivity index (χ4v) is 4.76. The Balaban J connectivity index is 0.000000904. The van der Waals surface area contributed by atoms with Crippen molar-refractivity contribution < 1.29 is 73.0 Å². The van der Waals surface area contributed by atoms with E-state index >= 15 is 0 Å². The Kier molecular flexibility index (Phi) is 23.5. The molecule has 0 bridgehead atoms. The number of aryl methyl sites for hydroxylation is 1. The average Bonchev–Trinajstić information content (AvgIpc) is 3.16. The van der Waals surface area contributed by atoms with Crippen molar-refractivity contribution in [3.05, 3.63) is 114 Å². The zero-order valence-electron chi connectivity index (χ0n) is 31.4. The molecule has 338 valence electrons. The van der Waals surface area contributed by atoms with Crippen LogP contribution in [0.5, 0.6) is 0 Å². The lowest BCUT2D eigenvalue weighted by Gasteiger charge is -2.11. The number of hydrazone groups is 1. The van der Waals surface area contributed by atoms with E-state index in [1.165, 1.54) is 13.0 Å². The molecule has 1 aromatic heterocycles. The van der Waals surface area contributed by atoms with E-state index in [0.717, 1.165) is 36.2 Å². The highest BCUT2D eigenvalue weighted by Gasteiger charge is 2.37. The zero-order valence-corrected chi connectivity index (χ0v) is 34.5. The molecule has 0 radical (unpaired) electrons. The lowest BCUT2D eigenvalue weighted by Crippen LogP contribution is -2.24. The number of hydrogen-bond donors (Lipinski definition) is 3. The maximum Gasteiger partial charge on any atom is 0.455 e. The van der Waals surface area contributed by atoms with Crippen molar-refractivity contribution in [3.63, 3.8) is 0 Å². The fraction of sp³-hybridized carbons (Fsp3) is 0.229. The number of ether oxygens (including phenoxy) is 2. The van der Waals surface area contributed by atoms with Crippen LogP contribution in [0.15, 0.2) is 58.6 Å².